The van der Waals surface area contributed by atoms with Crippen molar-refractivity contribution in [1.82, 2.24) is 5.32 Å². The van der Waals surface area contributed by atoms with Crippen LogP contribution in [-0.4, -0.2) is 29.8 Å². The van der Waals surface area contributed by atoms with Crippen LogP contribution in [0.1, 0.15) is 37.8 Å². The Labute approximate surface area is 121 Å². The zero-order chi connectivity index (χ0) is 15.2. The molecule has 0 saturated heterocycles. The number of benzene rings is 1. The molecule has 0 amide bonds. The average Bonchev–Trinajstić information content (AvgIpc) is 2.38. The Kier molecular flexibility index (Phi) is 6.02. The molecule has 0 aliphatic carbocycles. The van der Waals surface area contributed by atoms with E-state index in [9.17, 15) is 9.90 Å². The number of aliphatic carboxylic acids is 1. The van der Waals surface area contributed by atoms with Crippen molar-refractivity contribution in [2.45, 2.75) is 46.1 Å². The molecule has 20 heavy (non-hydrogen) atoms. The molecule has 1 aromatic carbocycles. The van der Waals surface area contributed by atoms with E-state index >= 15 is 0 Å². The first-order chi connectivity index (χ1) is 9.39. The Hall–Kier alpha value is -1.55. The van der Waals surface area contributed by atoms with Crippen LogP contribution in [0.15, 0.2) is 18.2 Å². The van der Waals surface area contributed by atoms with Crippen molar-refractivity contribution in [2.75, 3.05) is 13.2 Å². The van der Waals surface area contributed by atoms with Crippen molar-refractivity contribution < 1.29 is 14.6 Å². The van der Waals surface area contributed by atoms with Gasteiger partial charge in [-0.05, 0) is 57.4 Å². The van der Waals surface area contributed by atoms with Gasteiger partial charge in [0.25, 0.3) is 0 Å². The van der Waals surface area contributed by atoms with Crippen LogP contribution < -0.4 is 10.1 Å². The van der Waals surface area contributed by atoms with Gasteiger partial charge in [0.1, 0.15) is 11.3 Å². The standard InChI is InChI=1S/C16H25NO3/c1-5-17-16(4,15(18)19)9-6-10-20-14-11-12(2)7-8-13(14)3/h7-8,11,17H,5-6,9-10H2,1-4H3,(H,18,19). The monoisotopic (exact) mass is 279 g/mol. The molecule has 0 fully saturated rings. The minimum atomic E-state index is -0.875. The van der Waals surface area contributed by atoms with E-state index in [2.05, 4.69) is 11.4 Å². The first-order valence-electron chi connectivity index (χ1n) is 7.07. The summed E-state index contributed by atoms with van der Waals surface area (Å²) in [5, 5.41) is 12.3. The van der Waals surface area contributed by atoms with Crippen LogP contribution in [0.2, 0.25) is 0 Å². The number of likely N-dealkylation sites (N-methyl/N-ethyl adjacent to an activating group) is 1. The molecule has 1 rings (SSSR count). The summed E-state index contributed by atoms with van der Waals surface area (Å²) >= 11 is 0. The highest BCUT2D eigenvalue weighted by Crippen LogP contribution is 2.20. The van der Waals surface area contributed by atoms with E-state index < -0.39 is 11.5 Å². The van der Waals surface area contributed by atoms with Crippen molar-refractivity contribution in [3.63, 3.8) is 0 Å². The van der Waals surface area contributed by atoms with Crippen LogP contribution in [0.4, 0.5) is 0 Å². The second-order valence-electron chi connectivity index (χ2n) is 5.39. The van der Waals surface area contributed by atoms with Crippen LogP contribution >= 0.6 is 0 Å². The minimum Gasteiger partial charge on any atom is -0.493 e. The number of carboxylic acids is 1. The fourth-order valence-corrected chi connectivity index (χ4v) is 2.13. The molecule has 2 N–H and O–H groups in total. The van der Waals surface area contributed by atoms with Crippen LogP contribution in [0.25, 0.3) is 0 Å². The number of hydrogen-bond donors (Lipinski definition) is 2. The number of aryl methyl sites for hydroxylation is 2. The van der Waals surface area contributed by atoms with Crippen LogP contribution in [0.3, 0.4) is 0 Å². The molecule has 4 heteroatoms. The van der Waals surface area contributed by atoms with E-state index in [-0.39, 0.29) is 0 Å². The predicted molar refractivity (Wildman–Crippen MR) is 80.4 cm³/mol. The second-order valence-corrected chi connectivity index (χ2v) is 5.39. The second kappa shape index (κ2) is 7.29. The van der Waals surface area contributed by atoms with Gasteiger partial charge < -0.3 is 15.2 Å². The zero-order valence-corrected chi connectivity index (χ0v) is 12.8. The van der Waals surface area contributed by atoms with Gasteiger partial charge in [-0.3, -0.25) is 4.79 Å². The SMILES string of the molecule is CCNC(C)(CCCOc1cc(C)ccc1C)C(=O)O. The third kappa shape index (κ3) is 4.53. The van der Waals surface area contributed by atoms with E-state index in [4.69, 9.17) is 4.74 Å². The Morgan fingerprint density at radius 3 is 2.70 bits per heavy atom. The van der Waals surface area contributed by atoms with E-state index in [0.29, 0.717) is 26.0 Å². The van der Waals surface area contributed by atoms with Crippen molar-refractivity contribution >= 4 is 5.97 Å². The lowest BCUT2D eigenvalue weighted by Gasteiger charge is -2.25. The van der Waals surface area contributed by atoms with Crippen molar-refractivity contribution in [3.8, 4) is 5.75 Å². The predicted octanol–water partition coefficient (Wildman–Crippen LogP) is 2.92. The highest BCUT2D eigenvalue weighted by molar-refractivity contribution is 5.78. The van der Waals surface area contributed by atoms with Crippen molar-refractivity contribution in [3.05, 3.63) is 29.3 Å². The number of ether oxygens (including phenoxy) is 1. The summed E-state index contributed by atoms with van der Waals surface area (Å²) in [7, 11) is 0. The molecule has 112 valence electrons. The third-order valence-corrected chi connectivity index (χ3v) is 3.46. The van der Waals surface area contributed by atoms with E-state index in [1.165, 1.54) is 0 Å². The first kappa shape index (κ1) is 16.5. The lowest BCUT2D eigenvalue weighted by molar-refractivity contribution is -0.144. The third-order valence-electron chi connectivity index (χ3n) is 3.46. The van der Waals surface area contributed by atoms with Crippen molar-refractivity contribution in [1.29, 1.82) is 0 Å². The molecule has 0 spiro atoms. The molecular formula is C16H25NO3. The molecule has 0 saturated carbocycles. The topological polar surface area (TPSA) is 58.6 Å². The van der Waals surface area contributed by atoms with Gasteiger partial charge in [-0.25, -0.2) is 0 Å². The van der Waals surface area contributed by atoms with Crippen LogP contribution in [0.5, 0.6) is 5.75 Å². The molecule has 0 bridgehead atoms. The Balaban J connectivity index is 2.48. The molecule has 0 aromatic heterocycles. The summed E-state index contributed by atoms with van der Waals surface area (Å²) < 4.78 is 5.75. The first-order valence-corrected chi connectivity index (χ1v) is 7.07. The number of rotatable bonds is 8. The van der Waals surface area contributed by atoms with Crippen LogP contribution in [-0.2, 0) is 4.79 Å². The fraction of sp³-hybridized carbons (Fsp3) is 0.562. The molecule has 1 unspecified atom stereocenters. The summed E-state index contributed by atoms with van der Waals surface area (Å²) in [4.78, 5) is 11.3. The van der Waals surface area contributed by atoms with Gasteiger partial charge in [-0.1, -0.05) is 19.1 Å². The lowest BCUT2D eigenvalue weighted by Crippen LogP contribution is -2.49. The number of nitrogens with one attached hydrogen (secondary N) is 1. The molecule has 0 aliphatic rings. The zero-order valence-electron chi connectivity index (χ0n) is 12.8. The molecule has 0 heterocycles. The van der Waals surface area contributed by atoms with Gasteiger partial charge in [-0.2, -0.15) is 0 Å². The molecule has 0 radical (unpaired) electrons. The summed E-state index contributed by atoms with van der Waals surface area (Å²) in [5.74, 6) is 0.0663. The summed E-state index contributed by atoms with van der Waals surface area (Å²) in [5.41, 5.74) is 1.39. The van der Waals surface area contributed by atoms with Gasteiger partial charge in [0.2, 0.25) is 0 Å². The highest BCUT2D eigenvalue weighted by atomic mass is 16.5. The van der Waals surface area contributed by atoms with E-state index in [1.54, 1.807) is 6.92 Å². The maximum Gasteiger partial charge on any atom is 0.323 e. The fourth-order valence-electron chi connectivity index (χ4n) is 2.13. The average molecular weight is 279 g/mol. The number of carboxylic acid groups (broad SMARTS) is 1. The highest BCUT2D eigenvalue weighted by Gasteiger charge is 2.31. The normalized spacial score (nSPS) is 13.8. The molecular weight excluding hydrogens is 254 g/mol. The van der Waals surface area contributed by atoms with Gasteiger partial charge >= 0.3 is 5.97 Å². The van der Waals surface area contributed by atoms with Gasteiger partial charge in [-0.15, -0.1) is 0 Å². The maximum absolute atomic E-state index is 11.3. The quantitative estimate of drug-likeness (QED) is 0.718. The molecule has 1 aromatic rings. The molecule has 4 nitrogen and oxygen atoms in total. The molecule has 1 atom stereocenters. The number of carbonyl (C=O) groups is 1. The van der Waals surface area contributed by atoms with Gasteiger partial charge in [0, 0.05) is 0 Å². The lowest BCUT2D eigenvalue weighted by atomic mass is 9.96. The van der Waals surface area contributed by atoms with Crippen LogP contribution in [0, 0.1) is 13.8 Å². The minimum absolute atomic E-state index is 0.526. The summed E-state index contributed by atoms with van der Waals surface area (Å²) in [6.07, 6.45) is 1.24. The Bertz CT molecular complexity index is 459. The van der Waals surface area contributed by atoms with Crippen molar-refractivity contribution in [2.24, 2.45) is 0 Å². The van der Waals surface area contributed by atoms with E-state index in [1.807, 2.05) is 32.9 Å². The summed E-state index contributed by atoms with van der Waals surface area (Å²) in [6, 6.07) is 6.09. The number of hydrogen-bond acceptors (Lipinski definition) is 3. The van der Waals surface area contributed by atoms with E-state index in [0.717, 1.165) is 16.9 Å². The maximum atomic E-state index is 11.3. The summed E-state index contributed by atoms with van der Waals surface area (Å²) in [6.45, 7) is 8.83. The Morgan fingerprint density at radius 1 is 1.40 bits per heavy atom. The molecule has 0 aliphatic heterocycles. The van der Waals surface area contributed by atoms with Gasteiger partial charge in [0.15, 0.2) is 0 Å². The van der Waals surface area contributed by atoms with Gasteiger partial charge in [0.05, 0.1) is 6.61 Å². The largest absolute Gasteiger partial charge is 0.493 e. The smallest absolute Gasteiger partial charge is 0.323 e. The Morgan fingerprint density at radius 2 is 2.10 bits per heavy atom.